The first-order valence-electron chi connectivity index (χ1n) is 4.29. The van der Waals surface area contributed by atoms with Crippen LogP contribution < -0.4 is 0 Å². The molecule has 0 saturated carbocycles. The van der Waals surface area contributed by atoms with Gasteiger partial charge in [0.15, 0.2) is 0 Å². The smallest absolute Gasteiger partial charge is 0.0723 e. The summed E-state index contributed by atoms with van der Waals surface area (Å²) in [6.07, 6.45) is 3.43. The Bertz CT molecular complexity index is 145. The van der Waals surface area contributed by atoms with Crippen LogP contribution in [-0.4, -0.2) is 35.5 Å². The number of unbranched alkanes of at least 4 members (excludes halogenated alkanes) is 1. The molecular formula is C8H16N2O. The van der Waals surface area contributed by atoms with Crippen molar-refractivity contribution < 1.29 is 5.21 Å². The molecule has 3 heteroatoms. The maximum Gasteiger partial charge on any atom is 0.0723 e. The monoisotopic (exact) mass is 156 g/mol. The lowest BCUT2D eigenvalue weighted by Crippen LogP contribution is -2.21. The molecule has 0 unspecified atom stereocenters. The third-order valence-electron chi connectivity index (χ3n) is 2.09. The van der Waals surface area contributed by atoms with Crippen molar-refractivity contribution in [1.82, 2.24) is 4.90 Å². The minimum atomic E-state index is 0.872. The second kappa shape index (κ2) is 4.34. The van der Waals surface area contributed by atoms with Crippen LogP contribution in [0.4, 0.5) is 0 Å². The maximum atomic E-state index is 8.47. The van der Waals surface area contributed by atoms with E-state index in [0.717, 1.165) is 31.8 Å². The molecular weight excluding hydrogens is 140 g/mol. The van der Waals surface area contributed by atoms with E-state index in [-0.39, 0.29) is 0 Å². The first-order valence-corrected chi connectivity index (χ1v) is 4.29. The molecule has 0 spiro atoms. The summed E-state index contributed by atoms with van der Waals surface area (Å²) < 4.78 is 0. The Balaban J connectivity index is 2.19. The van der Waals surface area contributed by atoms with Gasteiger partial charge in [0.1, 0.15) is 0 Å². The van der Waals surface area contributed by atoms with Gasteiger partial charge in [-0.05, 0) is 13.0 Å². The van der Waals surface area contributed by atoms with E-state index in [1.165, 1.54) is 12.8 Å². The van der Waals surface area contributed by atoms with Crippen LogP contribution in [0.2, 0.25) is 0 Å². The van der Waals surface area contributed by atoms with Gasteiger partial charge in [0.25, 0.3) is 0 Å². The van der Waals surface area contributed by atoms with E-state index in [4.69, 9.17) is 5.21 Å². The fraction of sp³-hybridized carbons (Fsp3) is 0.875. The van der Waals surface area contributed by atoms with Crippen molar-refractivity contribution in [2.75, 3.05) is 19.6 Å². The summed E-state index contributed by atoms with van der Waals surface area (Å²) in [7, 11) is 0. The van der Waals surface area contributed by atoms with Gasteiger partial charge in [-0.1, -0.05) is 18.5 Å². The summed E-state index contributed by atoms with van der Waals surface area (Å²) in [5, 5.41) is 11.7. The summed E-state index contributed by atoms with van der Waals surface area (Å²) >= 11 is 0. The average Bonchev–Trinajstić information content (AvgIpc) is 2.48. The average molecular weight is 156 g/mol. The zero-order valence-corrected chi connectivity index (χ0v) is 7.08. The maximum absolute atomic E-state index is 8.47. The highest BCUT2D eigenvalue weighted by molar-refractivity contribution is 5.87. The molecule has 0 radical (unpaired) electrons. The number of nitrogens with zero attached hydrogens (tertiary/aromatic N) is 2. The molecule has 0 bridgehead atoms. The molecule has 1 heterocycles. The summed E-state index contributed by atoms with van der Waals surface area (Å²) in [6, 6.07) is 0. The number of oxime groups is 1. The zero-order chi connectivity index (χ0) is 8.10. The van der Waals surface area contributed by atoms with Gasteiger partial charge in [0.2, 0.25) is 0 Å². The molecule has 1 aliphatic heterocycles. The van der Waals surface area contributed by atoms with Crippen molar-refractivity contribution in [3.8, 4) is 0 Å². The van der Waals surface area contributed by atoms with Crippen LogP contribution >= 0.6 is 0 Å². The lowest BCUT2D eigenvalue weighted by molar-refractivity contribution is 0.313. The predicted octanol–water partition coefficient (Wildman–Crippen LogP) is 1.32. The molecule has 1 fully saturated rings. The summed E-state index contributed by atoms with van der Waals surface area (Å²) in [5.74, 6) is 0. The number of rotatable bonds is 3. The first-order chi connectivity index (χ1) is 5.36. The van der Waals surface area contributed by atoms with E-state index in [2.05, 4.69) is 17.0 Å². The van der Waals surface area contributed by atoms with Gasteiger partial charge in [-0.2, -0.15) is 0 Å². The molecule has 0 aromatic heterocycles. The summed E-state index contributed by atoms with van der Waals surface area (Å²) in [5.41, 5.74) is 0.932. The van der Waals surface area contributed by atoms with Gasteiger partial charge in [-0.25, -0.2) is 0 Å². The van der Waals surface area contributed by atoms with Crippen molar-refractivity contribution in [2.45, 2.75) is 26.2 Å². The van der Waals surface area contributed by atoms with Crippen LogP contribution in [0, 0.1) is 0 Å². The fourth-order valence-electron chi connectivity index (χ4n) is 1.36. The van der Waals surface area contributed by atoms with Crippen molar-refractivity contribution in [2.24, 2.45) is 5.16 Å². The van der Waals surface area contributed by atoms with E-state index in [0.29, 0.717) is 0 Å². The quantitative estimate of drug-likeness (QED) is 0.494. The van der Waals surface area contributed by atoms with E-state index < -0.39 is 0 Å². The molecule has 3 nitrogen and oxygen atoms in total. The highest BCUT2D eigenvalue weighted by atomic mass is 16.4. The standard InChI is InChI=1S/C8H16N2O/c1-2-3-5-10-6-4-8(7-10)9-11/h11H,2-7H2,1H3. The van der Waals surface area contributed by atoms with E-state index in [1.54, 1.807) is 0 Å². The molecule has 0 aromatic rings. The number of hydrogen-bond donors (Lipinski definition) is 1. The fourth-order valence-corrected chi connectivity index (χ4v) is 1.36. The minimum absolute atomic E-state index is 0.872. The first kappa shape index (κ1) is 8.53. The van der Waals surface area contributed by atoms with Crippen LogP contribution in [0.1, 0.15) is 26.2 Å². The highest BCUT2D eigenvalue weighted by Crippen LogP contribution is 2.06. The Morgan fingerprint density at radius 3 is 3.00 bits per heavy atom. The molecule has 0 amide bonds. The van der Waals surface area contributed by atoms with Crippen LogP contribution in [0.15, 0.2) is 5.16 Å². The zero-order valence-electron chi connectivity index (χ0n) is 7.08. The van der Waals surface area contributed by atoms with E-state index in [9.17, 15) is 0 Å². The van der Waals surface area contributed by atoms with Gasteiger partial charge in [-0.15, -0.1) is 0 Å². The Morgan fingerprint density at radius 1 is 1.64 bits per heavy atom. The number of hydrogen-bond acceptors (Lipinski definition) is 3. The minimum Gasteiger partial charge on any atom is -0.411 e. The predicted molar refractivity (Wildman–Crippen MR) is 45.2 cm³/mol. The molecule has 1 N–H and O–H groups in total. The summed E-state index contributed by atoms with van der Waals surface area (Å²) in [4.78, 5) is 2.33. The molecule has 1 aliphatic rings. The van der Waals surface area contributed by atoms with Crippen molar-refractivity contribution >= 4 is 5.71 Å². The molecule has 1 rings (SSSR count). The Kier molecular flexibility index (Phi) is 3.36. The molecule has 0 aliphatic carbocycles. The van der Waals surface area contributed by atoms with Gasteiger partial charge < -0.3 is 5.21 Å². The van der Waals surface area contributed by atoms with Gasteiger partial charge in [-0.3, -0.25) is 4.90 Å². The van der Waals surface area contributed by atoms with E-state index in [1.807, 2.05) is 0 Å². The third-order valence-corrected chi connectivity index (χ3v) is 2.09. The van der Waals surface area contributed by atoms with Crippen LogP contribution in [0.5, 0.6) is 0 Å². The highest BCUT2D eigenvalue weighted by Gasteiger charge is 2.16. The normalized spacial score (nSPS) is 23.2. The molecule has 11 heavy (non-hydrogen) atoms. The van der Waals surface area contributed by atoms with Crippen molar-refractivity contribution in [3.05, 3.63) is 0 Å². The Hall–Kier alpha value is -0.570. The second-order valence-electron chi connectivity index (χ2n) is 3.05. The van der Waals surface area contributed by atoms with E-state index >= 15 is 0 Å². The van der Waals surface area contributed by atoms with Crippen LogP contribution in [-0.2, 0) is 0 Å². The molecule has 0 aromatic carbocycles. The molecule has 1 saturated heterocycles. The van der Waals surface area contributed by atoms with Crippen molar-refractivity contribution in [3.63, 3.8) is 0 Å². The second-order valence-corrected chi connectivity index (χ2v) is 3.05. The largest absolute Gasteiger partial charge is 0.411 e. The molecule has 0 atom stereocenters. The van der Waals surface area contributed by atoms with Gasteiger partial charge in [0, 0.05) is 19.5 Å². The third kappa shape index (κ3) is 2.50. The van der Waals surface area contributed by atoms with Crippen LogP contribution in [0.25, 0.3) is 0 Å². The van der Waals surface area contributed by atoms with Crippen molar-refractivity contribution in [1.29, 1.82) is 0 Å². The summed E-state index contributed by atoms with van der Waals surface area (Å²) in [6.45, 7) is 5.28. The Labute approximate surface area is 67.7 Å². The van der Waals surface area contributed by atoms with Gasteiger partial charge in [0.05, 0.1) is 5.71 Å². The SMILES string of the molecule is CCCCN1CCC(=NO)C1. The number of likely N-dealkylation sites (tertiary alicyclic amines) is 1. The van der Waals surface area contributed by atoms with Crippen LogP contribution in [0.3, 0.4) is 0 Å². The lowest BCUT2D eigenvalue weighted by Gasteiger charge is -2.11. The Morgan fingerprint density at radius 2 is 2.45 bits per heavy atom. The van der Waals surface area contributed by atoms with Gasteiger partial charge >= 0.3 is 0 Å². The topological polar surface area (TPSA) is 35.8 Å². The molecule has 64 valence electrons. The lowest BCUT2D eigenvalue weighted by atomic mass is 10.3.